The summed E-state index contributed by atoms with van der Waals surface area (Å²) in [5.41, 5.74) is 0. The van der Waals surface area contributed by atoms with Crippen LogP contribution in [0.1, 0.15) is 0 Å². The van der Waals surface area contributed by atoms with Gasteiger partial charge in [-0.3, -0.25) is 5.10 Å². The Hall–Kier alpha value is 0.590. The van der Waals surface area contributed by atoms with Crippen LogP contribution >= 0.6 is 11.6 Å². The molecule has 0 N–H and O–H groups in total. The summed E-state index contributed by atoms with van der Waals surface area (Å²) in [5.74, 6) is 0. The number of aromatic nitrogens is 2. The number of halogens is 2. The fourth-order valence-corrected chi connectivity index (χ4v) is 1.79. The number of ether oxygens (including phenoxy) is 1. The van der Waals surface area contributed by atoms with Crippen molar-refractivity contribution in [2.75, 3.05) is 6.61 Å². The van der Waals surface area contributed by atoms with Crippen LogP contribution in [0.4, 0.5) is 0 Å². The molecule has 1 aromatic heterocycles. The van der Waals surface area contributed by atoms with Crippen LogP contribution in [0, 0.1) is 6.20 Å². The van der Waals surface area contributed by atoms with Crippen LogP contribution in [0.5, 0.6) is 0 Å². The first-order chi connectivity index (χ1) is 6.47. The minimum atomic E-state index is -0.981. The zero-order valence-corrected chi connectivity index (χ0v) is 15.4. The number of nitrogens with zero attached hydrogens (tertiary/aromatic N) is 2. The second-order valence-electron chi connectivity index (χ2n) is 4.45. The van der Waals surface area contributed by atoms with Gasteiger partial charge < -0.3 is 21.8 Å². The molecule has 7 heteroatoms. The molecule has 3 nitrogen and oxygen atoms in total. The molecule has 1 rings (SSSR count). The third-order valence-electron chi connectivity index (χ3n) is 1.76. The molecular weight excluding hydrogens is 316 g/mol. The minimum Gasteiger partial charge on any atom is -1.00 e. The van der Waals surface area contributed by atoms with Gasteiger partial charge in [0, 0.05) is 14.7 Å². The first kappa shape index (κ1) is 18.9. The van der Waals surface area contributed by atoms with E-state index < -0.39 is 8.07 Å². The van der Waals surface area contributed by atoms with Crippen molar-refractivity contribution >= 4 is 19.7 Å². The van der Waals surface area contributed by atoms with E-state index >= 15 is 0 Å². The van der Waals surface area contributed by atoms with E-state index in [-0.39, 0.29) is 31.9 Å². The van der Waals surface area contributed by atoms with E-state index in [1.165, 1.54) is 6.04 Å². The minimum absolute atomic E-state index is 0. The van der Waals surface area contributed by atoms with Gasteiger partial charge in [-0.05, 0) is 6.04 Å². The molecule has 0 bridgehead atoms. The van der Waals surface area contributed by atoms with E-state index in [2.05, 4.69) is 30.9 Å². The zero-order valence-electron chi connectivity index (χ0n) is 9.96. The van der Waals surface area contributed by atoms with Crippen LogP contribution in [0.3, 0.4) is 0 Å². The van der Waals surface area contributed by atoms with Crippen molar-refractivity contribution in [2.24, 2.45) is 0 Å². The van der Waals surface area contributed by atoms with Gasteiger partial charge in [-0.15, -0.1) is 17.8 Å². The molecule has 0 atom stereocenters. The second kappa shape index (κ2) is 8.65. The Morgan fingerprint density at radius 1 is 1.50 bits per heavy atom. The Balaban J connectivity index is 0. The normalized spacial score (nSPS) is 10.5. The summed E-state index contributed by atoms with van der Waals surface area (Å²) in [6, 6.07) is 1.17. The van der Waals surface area contributed by atoms with Gasteiger partial charge in [0.25, 0.3) is 0 Å². The molecule has 88 valence electrons. The third-order valence-corrected chi connectivity index (χ3v) is 3.64. The van der Waals surface area contributed by atoms with Crippen LogP contribution in [0.2, 0.25) is 30.7 Å². The average molecular weight is 333 g/mol. The quantitative estimate of drug-likeness (QED) is 0.419. The summed E-state index contributed by atoms with van der Waals surface area (Å²) in [4.78, 5) is 0. The number of hydrogen-bond acceptors (Lipinski definition) is 2. The van der Waals surface area contributed by atoms with Crippen molar-refractivity contribution < 1.29 is 36.6 Å². The number of hydrogen-bond donors (Lipinski definition) is 0. The summed E-state index contributed by atoms with van der Waals surface area (Å²) in [6.45, 7) is 8.21. The number of rotatable bonds is 5. The van der Waals surface area contributed by atoms with Crippen molar-refractivity contribution in [1.29, 1.82) is 0 Å². The van der Waals surface area contributed by atoms with E-state index in [0.29, 0.717) is 11.8 Å². The first-order valence-electron chi connectivity index (χ1n) is 4.66. The van der Waals surface area contributed by atoms with Gasteiger partial charge in [0.15, 0.2) is 0 Å². The third kappa shape index (κ3) is 8.71. The van der Waals surface area contributed by atoms with Gasteiger partial charge in [0.1, 0.15) is 6.73 Å². The summed E-state index contributed by atoms with van der Waals surface area (Å²) >= 11 is 5.66. The second-order valence-corrected chi connectivity index (χ2v) is 10.5. The van der Waals surface area contributed by atoms with Crippen LogP contribution in [0.25, 0.3) is 0 Å². The Morgan fingerprint density at radius 2 is 2.12 bits per heavy atom. The molecule has 0 aromatic carbocycles. The Morgan fingerprint density at radius 3 is 2.56 bits per heavy atom. The van der Waals surface area contributed by atoms with Gasteiger partial charge in [-0.1, -0.05) is 30.9 Å². The molecule has 0 aliphatic heterocycles. The predicted octanol–water partition coefficient (Wildman–Crippen LogP) is -0.350. The predicted molar refractivity (Wildman–Crippen MR) is 60.2 cm³/mol. The standard InChI is InChI=1S/C9H16ClN2OSi.ClH.Zn/c1-14(2,3)5-4-13-8-12-7-9(10)6-11-12;;/h6H,4-5,8H2,1-3H3;1H;/q-1;;+2/p-1. The molecule has 0 saturated heterocycles. The maximum absolute atomic E-state index is 5.66. The molecule has 0 aliphatic carbocycles. The zero-order chi connectivity index (χ0) is 10.6. The SMILES string of the molecule is C[Si](C)(C)CCOCn1[c-]c(Cl)cn1.[Cl-].[Zn+2]. The van der Waals surface area contributed by atoms with Gasteiger partial charge in [0.05, 0.1) is 0 Å². The van der Waals surface area contributed by atoms with E-state index in [9.17, 15) is 0 Å². The summed E-state index contributed by atoms with van der Waals surface area (Å²) in [6.07, 6.45) is 4.39. The van der Waals surface area contributed by atoms with Crippen molar-refractivity contribution in [1.82, 2.24) is 9.78 Å². The maximum Gasteiger partial charge on any atom is 2.00 e. The molecule has 16 heavy (non-hydrogen) atoms. The van der Waals surface area contributed by atoms with Crippen LogP contribution in [0.15, 0.2) is 6.20 Å². The fraction of sp³-hybridized carbons (Fsp3) is 0.667. The summed E-state index contributed by atoms with van der Waals surface area (Å²) in [5, 5.41) is 4.49. The van der Waals surface area contributed by atoms with Gasteiger partial charge in [0.2, 0.25) is 0 Å². The van der Waals surface area contributed by atoms with E-state index in [1.54, 1.807) is 10.9 Å². The summed E-state index contributed by atoms with van der Waals surface area (Å²) < 4.78 is 7.03. The van der Waals surface area contributed by atoms with Crippen molar-refractivity contribution in [3.05, 3.63) is 17.4 Å². The average Bonchev–Trinajstić information content (AvgIpc) is 2.44. The fourth-order valence-electron chi connectivity index (χ4n) is 0.896. The molecule has 0 saturated carbocycles. The first-order valence-corrected chi connectivity index (χ1v) is 8.74. The monoisotopic (exact) mass is 330 g/mol. The molecule has 0 radical (unpaired) electrons. The summed E-state index contributed by atoms with van der Waals surface area (Å²) in [7, 11) is -0.981. The van der Waals surface area contributed by atoms with E-state index in [1.807, 2.05) is 0 Å². The van der Waals surface area contributed by atoms with Crippen LogP contribution in [-0.2, 0) is 30.9 Å². The van der Waals surface area contributed by atoms with Gasteiger partial charge in [-0.25, -0.2) is 0 Å². The molecular formula is C9H16Cl2N2OSiZn. The molecule has 0 amide bonds. The van der Waals surface area contributed by atoms with E-state index in [0.717, 1.165) is 6.61 Å². The molecule has 0 spiro atoms. The van der Waals surface area contributed by atoms with Crippen LogP contribution in [-0.4, -0.2) is 24.5 Å². The van der Waals surface area contributed by atoms with Crippen molar-refractivity contribution in [3.63, 3.8) is 0 Å². The van der Waals surface area contributed by atoms with Crippen molar-refractivity contribution in [3.8, 4) is 0 Å². The maximum atomic E-state index is 5.66. The largest absolute Gasteiger partial charge is 2.00 e. The van der Waals surface area contributed by atoms with Gasteiger partial charge >= 0.3 is 19.5 Å². The topological polar surface area (TPSA) is 27.1 Å². The molecule has 0 fully saturated rings. The molecule has 1 heterocycles. The molecule has 0 aliphatic rings. The van der Waals surface area contributed by atoms with Crippen LogP contribution < -0.4 is 12.4 Å². The van der Waals surface area contributed by atoms with Gasteiger partial charge in [-0.2, -0.15) is 0 Å². The Labute approximate surface area is 122 Å². The van der Waals surface area contributed by atoms with Crippen molar-refractivity contribution in [2.45, 2.75) is 32.4 Å². The van der Waals surface area contributed by atoms with E-state index in [4.69, 9.17) is 16.3 Å². The molecule has 1 aromatic rings. The Kier molecular flexibility index (Phi) is 10.2. The molecule has 0 unspecified atom stereocenters. The Bertz CT molecular complexity index is 291. The smallest absolute Gasteiger partial charge is 1.00 e.